The molecular weight excluding hydrogens is 236 g/mol. The second kappa shape index (κ2) is 6.04. The number of carbonyl (C=O) groups is 2. The van der Waals surface area contributed by atoms with E-state index in [9.17, 15) is 9.59 Å². The van der Waals surface area contributed by atoms with Crippen LogP contribution in [0.3, 0.4) is 0 Å². The zero-order valence-corrected chi connectivity index (χ0v) is 10.9. The Kier molecular flexibility index (Phi) is 4.95. The van der Waals surface area contributed by atoms with Gasteiger partial charge in [-0.15, -0.1) is 0 Å². The molecule has 0 heterocycles. The Morgan fingerprint density at radius 2 is 1.94 bits per heavy atom. The smallest absolute Gasteiger partial charge is 0.326 e. The van der Waals surface area contributed by atoms with Gasteiger partial charge in [-0.3, -0.25) is 0 Å². The summed E-state index contributed by atoms with van der Waals surface area (Å²) in [5.74, 6) is -0.630. The summed E-state index contributed by atoms with van der Waals surface area (Å²) < 4.78 is 0. The van der Waals surface area contributed by atoms with Crippen molar-refractivity contribution in [3.8, 4) is 0 Å². The molecule has 0 aromatic heterocycles. The van der Waals surface area contributed by atoms with Crippen LogP contribution in [0.15, 0.2) is 0 Å². The first-order chi connectivity index (χ1) is 8.41. The summed E-state index contributed by atoms with van der Waals surface area (Å²) >= 11 is 0. The molecule has 4 N–H and O–H groups in total. The van der Waals surface area contributed by atoms with E-state index >= 15 is 0 Å². The lowest BCUT2D eigenvalue weighted by Gasteiger charge is -2.21. The van der Waals surface area contributed by atoms with Crippen LogP contribution in [0.25, 0.3) is 0 Å². The molecule has 104 valence electrons. The first-order valence-electron chi connectivity index (χ1n) is 6.29. The number of carboxylic acids is 1. The Morgan fingerprint density at radius 1 is 1.33 bits per heavy atom. The third-order valence-corrected chi connectivity index (χ3v) is 3.74. The van der Waals surface area contributed by atoms with Crippen molar-refractivity contribution in [1.82, 2.24) is 10.6 Å². The fourth-order valence-corrected chi connectivity index (χ4v) is 1.97. The predicted octanol–water partition coefficient (Wildman–Crippen LogP) is 0.557. The number of nitrogens with one attached hydrogen (secondary N) is 2. The second-order valence-electron chi connectivity index (χ2n) is 5.25. The molecule has 6 heteroatoms. The molecule has 0 aromatic rings. The molecule has 1 aliphatic rings. The number of amides is 2. The molecule has 1 atom stereocenters. The van der Waals surface area contributed by atoms with E-state index in [1.807, 2.05) is 0 Å². The highest BCUT2D eigenvalue weighted by atomic mass is 16.4. The average molecular weight is 258 g/mol. The fourth-order valence-electron chi connectivity index (χ4n) is 1.97. The van der Waals surface area contributed by atoms with Gasteiger partial charge in [-0.2, -0.15) is 0 Å². The topological polar surface area (TPSA) is 98.7 Å². The highest BCUT2D eigenvalue weighted by Crippen LogP contribution is 2.51. The number of hydrogen-bond donors (Lipinski definition) is 4. The Labute approximate surface area is 107 Å². The van der Waals surface area contributed by atoms with Crippen LogP contribution in [0, 0.1) is 11.3 Å². The van der Waals surface area contributed by atoms with Gasteiger partial charge in [0.1, 0.15) is 6.04 Å². The van der Waals surface area contributed by atoms with E-state index < -0.39 is 18.0 Å². The van der Waals surface area contributed by atoms with Gasteiger partial charge in [-0.05, 0) is 24.2 Å². The molecule has 0 bridgehead atoms. The predicted molar refractivity (Wildman–Crippen MR) is 66.2 cm³/mol. The zero-order valence-electron chi connectivity index (χ0n) is 10.9. The first kappa shape index (κ1) is 14.8. The molecule has 1 aliphatic carbocycles. The third-order valence-electron chi connectivity index (χ3n) is 3.74. The molecule has 1 rings (SSSR count). The Balaban J connectivity index is 2.35. The SMILES string of the molecule is CC(C)C1(CNC(=O)NC(CCO)C(=O)O)CC1. The lowest BCUT2D eigenvalue weighted by atomic mass is 9.92. The van der Waals surface area contributed by atoms with Gasteiger partial charge in [0, 0.05) is 19.6 Å². The Bertz CT molecular complexity index is 313. The quantitative estimate of drug-likeness (QED) is 0.536. The summed E-state index contributed by atoms with van der Waals surface area (Å²) in [6, 6.07) is -1.52. The number of aliphatic hydroxyl groups is 1. The van der Waals surface area contributed by atoms with Gasteiger partial charge in [0.2, 0.25) is 0 Å². The van der Waals surface area contributed by atoms with E-state index in [1.165, 1.54) is 0 Å². The number of carbonyl (C=O) groups excluding carboxylic acids is 1. The van der Waals surface area contributed by atoms with Gasteiger partial charge in [-0.1, -0.05) is 13.8 Å². The van der Waals surface area contributed by atoms with E-state index in [-0.39, 0.29) is 18.4 Å². The highest BCUT2D eigenvalue weighted by molar-refractivity contribution is 5.82. The number of carboxylic acid groups (broad SMARTS) is 1. The molecule has 0 spiro atoms. The summed E-state index contributed by atoms with van der Waals surface area (Å²) in [7, 11) is 0. The van der Waals surface area contributed by atoms with Gasteiger partial charge in [-0.25, -0.2) is 9.59 Å². The fraction of sp³-hybridized carbons (Fsp3) is 0.833. The molecule has 0 radical (unpaired) electrons. The lowest BCUT2D eigenvalue weighted by molar-refractivity contribution is -0.139. The molecule has 1 unspecified atom stereocenters. The largest absolute Gasteiger partial charge is 0.480 e. The molecule has 0 saturated heterocycles. The van der Waals surface area contributed by atoms with Crippen LogP contribution in [-0.2, 0) is 4.79 Å². The molecule has 1 saturated carbocycles. The van der Waals surface area contributed by atoms with Gasteiger partial charge in [0.05, 0.1) is 0 Å². The summed E-state index contributed by atoms with van der Waals surface area (Å²) in [6.07, 6.45) is 2.21. The monoisotopic (exact) mass is 258 g/mol. The minimum atomic E-state index is -1.14. The molecule has 2 amide bonds. The summed E-state index contributed by atoms with van der Waals surface area (Å²) in [6.45, 7) is 4.55. The van der Waals surface area contributed by atoms with Crippen LogP contribution in [-0.4, -0.2) is 41.4 Å². The van der Waals surface area contributed by atoms with Crippen molar-refractivity contribution in [3.63, 3.8) is 0 Å². The van der Waals surface area contributed by atoms with Crippen LogP contribution < -0.4 is 10.6 Å². The number of rotatable bonds is 7. The van der Waals surface area contributed by atoms with Gasteiger partial charge < -0.3 is 20.8 Å². The third kappa shape index (κ3) is 3.87. The van der Waals surface area contributed by atoms with Gasteiger partial charge in [0.25, 0.3) is 0 Å². The lowest BCUT2D eigenvalue weighted by Crippen LogP contribution is -2.48. The molecule has 0 aliphatic heterocycles. The Morgan fingerprint density at radius 3 is 2.33 bits per heavy atom. The normalized spacial score (nSPS) is 18.2. The van der Waals surface area contributed by atoms with E-state index in [4.69, 9.17) is 10.2 Å². The van der Waals surface area contributed by atoms with Crippen LogP contribution in [0.4, 0.5) is 4.79 Å². The van der Waals surface area contributed by atoms with Crippen LogP contribution in [0.2, 0.25) is 0 Å². The van der Waals surface area contributed by atoms with Crippen LogP contribution in [0.1, 0.15) is 33.1 Å². The molecule has 6 nitrogen and oxygen atoms in total. The second-order valence-corrected chi connectivity index (χ2v) is 5.25. The first-order valence-corrected chi connectivity index (χ1v) is 6.29. The van der Waals surface area contributed by atoms with Gasteiger partial charge in [0.15, 0.2) is 0 Å². The minimum absolute atomic E-state index is 0.0120. The van der Waals surface area contributed by atoms with Crippen molar-refractivity contribution in [3.05, 3.63) is 0 Å². The van der Waals surface area contributed by atoms with Crippen molar-refractivity contribution in [2.24, 2.45) is 11.3 Å². The molecule has 0 aromatic carbocycles. The zero-order chi connectivity index (χ0) is 13.8. The van der Waals surface area contributed by atoms with Crippen LogP contribution in [0.5, 0.6) is 0 Å². The minimum Gasteiger partial charge on any atom is -0.480 e. The van der Waals surface area contributed by atoms with E-state index in [0.29, 0.717) is 12.5 Å². The molecule has 1 fully saturated rings. The van der Waals surface area contributed by atoms with Gasteiger partial charge >= 0.3 is 12.0 Å². The molecule has 18 heavy (non-hydrogen) atoms. The average Bonchev–Trinajstić information content (AvgIpc) is 3.06. The maximum absolute atomic E-state index is 11.6. The summed E-state index contributed by atoms with van der Waals surface area (Å²) in [5.41, 5.74) is 0.188. The van der Waals surface area contributed by atoms with Crippen LogP contribution >= 0.6 is 0 Å². The summed E-state index contributed by atoms with van der Waals surface area (Å²) in [4.78, 5) is 22.4. The van der Waals surface area contributed by atoms with Crippen molar-refractivity contribution in [2.45, 2.75) is 39.2 Å². The van der Waals surface area contributed by atoms with Crippen molar-refractivity contribution < 1.29 is 19.8 Å². The van der Waals surface area contributed by atoms with Crippen molar-refractivity contribution in [2.75, 3.05) is 13.2 Å². The van der Waals surface area contributed by atoms with E-state index in [2.05, 4.69) is 24.5 Å². The molecular formula is C12H22N2O4. The summed E-state index contributed by atoms with van der Waals surface area (Å²) in [5, 5.41) is 22.6. The van der Waals surface area contributed by atoms with Crippen molar-refractivity contribution >= 4 is 12.0 Å². The standard InChI is InChI=1S/C12H22N2O4/c1-8(2)12(4-5-12)7-13-11(18)14-9(3-6-15)10(16)17/h8-9,15H,3-7H2,1-2H3,(H,16,17)(H2,13,14,18). The number of urea groups is 1. The van der Waals surface area contributed by atoms with Crippen molar-refractivity contribution in [1.29, 1.82) is 0 Å². The maximum atomic E-state index is 11.6. The van der Waals surface area contributed by atoms with E-state index in [1.54, 1.807) is 0 Å². The highest BCUT2D eigenvalue weighted by Gasteiger charge is 2.45. The number of hydrogen-bond acceptors (Lipinski definition) is 3. The van der Waals surface area contributed by atoms with E-state index in [0.717, 1.165) is 12.8 Å². The maximum Gasteiger partial charge on any atom is 0.326 e. The number of aliphatic hydroxyl groups excluding tert-OH is 1. The number of aliphatic carboxylic acids is 1. The Hall–Kier alpha value is -1.30.